The van der Waals surface area contributed by atoms with E-state index in [2.05, 4.69) is 15.2 Å². The van der Waals surface area contributed by atoms with Crippen LogP contribution in [0.3, 0.4) is 0 Å². The van der Waals surface area contributed by atoms with E-state index in [1.807, 2.05) is 30.3 Å². The summed E-state index contributed by atoms with van der Waals surface area (Å²) in [5, 5.41) is 2.95. The van der Waals surface area contributed by atoms with Gasteiger partial charge in [0.2, 0.25) is 5.91 Å². The number of carbonyl (C=O) groups excluding carboxylic acids is 2. The molecule has 1 fully saturated rings. The molecular formula is C21H24N4O3. The molecule has 2 amide bonds. The minimum Gasteiger partial charge on any atom is -0.378 e. The number of benzene rings is 1. The number of hydrogen-bond acceptors (Lipinski definition) is 5. The van der Waals surface area contributed by atoms with Crippen molar-refractivity contribution in [1.29, 1.82) is 0 Å². The Kier molecular flexibility index (Phi) is 5.25. The molecule has 1 N–H and O–H groups in total. The van der Waals surface area contributed by atoms with E-state index < -0.39 is 0 Å². The number of aromatic nitrogens is 1. The first-order valence-electron chi connectivity index (χ1n) is 9.58. The monoisotopic (exact) mass is 380 g/mol. The van der Waals surface area contributed by atoms with Crippen LogP contribution in [0.15, 0.2) is 36.4 Å². The Bertz CT molecular complexity index is 893. The molecule has 7 heteroatoms. The summed E-state index contributed by atoms with van der Waals surface area (Å²) in [5.74, 6) is 0.883. The van der Waals surface area contributed by atoms with Gasteiger partial charge in [-0.05, 0) is 42.3 Å². The summed E-state index contributed by atoms with van der Waals surface area (Å²) in [6.45, 7) is 3.44. The molecule has 2 aliphatic heterocycles. The lowest BCUT2D eigenvalue weighted by atomic mass is 9.99. The fraction of sp³-hybridized carbons (Fsp3) is 0.381. The zero-order chi connectivity index (χ0) is 19.5. The van der Waals surface area contributed by atoms with Gasteiger partial charge in [0.25, 0.3) is 5.91 Å². The van der Waals surface area contributed by atoms with E-state index in [4.69, 9.17) is 4.74 Å². The van der Waals surface area contributed by atoms with Crippen LogP contribution in [0, 0.1) is 0 Å². The Balaban J connectivity index is 1.41. The minimum atomic E-state index is -0.138. The molecule has 0 unspecified atom stereocenters. The van der Waals surface area contributed by atoms with E-state index in [9.17, 15) is 9.59 Å². The van der Waals surface area contributed by atoms with Crippen LogP contribution in [-0.4, -0.2) is 50.1 Å². The molecule has 0 spiro atoms. The number of aryl methyl sites for hydroxylation is 1. The average Bonchev–Trinajstić information content (AvgIpc) is 2.75. The van der Waals surface area contributed by atoms with E-state index in [0.717, 1.165) is 35.9 Å². The third-order valence-corrected chi connectivity index (χ3v) is 5.24. The molecule has 0 atom stereocenters. The van der Waals surface area contributed by atoms with Gasteiger partial charge < -0.3 is 19.9 Å². The van der Waals surface area contributed by atoms with E-state index in [0.29, 0.717) is 38.2 Å². The van der Waals surface area contributed by atoms with E-state index in [-0.39, 0.29) is 11.8 Å². The van der Waals surface area contributed by atoms with Crippen LogP contribution in [0.4, 0.5) is 11.5 Å². The van der Waals surface area contributed by atoms with E-state index in [1.165, 1.54) is 0 Å². The van der Waals surface area contributed by atoms with E-state index in [1.54, 1.807) is 18.0 Å². The first-order chi connectivity index (χ1) is 13.6. The molecular weight excluding hydrogens is 356 g/mol. The molecule has 0 bridgehead atoms. The van der Waals surface area contributed by atoms with Crippen LogP contribution in [-0.2, 0) is 22.5 Å². The second kappa shape index (κ2) is 7.98. The van der Waals surface area contributed by atoms with Gasteiger partial charge in [-0.1, -0.05) is 6.07 Å². The summed E-state index contributed by atoms with van der Waals surface area (Å²) in [4.78, 5) is 32.9. The number of carbonyl (C=O) groups is 2. The van der Waals surface area contributed by atoms with Gasteiger partial charge in [-0.2, -0.15) is 0 Å². The number of ether oxygens (including phenoxy) is 1. The van der Waals surface area contributed by atoms with Gasteiger partial charge in [-0.3, -0.25) is 9.59 Å². The highest BCUT2D eigenvalue weighted by molar-refractivity contribution is 5.98. The molecule has 1 aromatic heterocycles. The number of anilines is 2. The number of rotatable bonds is 4. The summed E-state index contributed by atoms with van der Waals surface area (Å²) < 4.78 is 5.38. The first kappa shape index (κ1) is 18.4. The van der Waals surface area contributed by atoms with Gasteiger partial charge in [0.1, 0.15) is 5.82 Å². The van der Waals surface area contributed by atoms with Crippen molar-refractivity contribution < 1.29 is 14.3 Å². The molecule has 4 rings (SSSR count). The molecule has 1 saturated heterocycles. The highest BCUT2D eigenvalue weighted by atomic mass is 16.5. The Morgan fingerprint density at radius 1 is 1.18 bits per heavy atom. The topological polar surface area (TPSA) is 74.8 Å². The molecule has 0 radical (unpaired) electrons. The molecule has 2 aliphatic rings. The predicted molar refractivity (Wildman–Crippen MR) is 107 cm³/mol. The van der Waals surface area contributed by atoms with Gasteiger partial charge in [0, 0.05) is 37.8 Å². The summed E-state index contributed by atoms with van der Waals surface area (Å²) in [7, 11) is 1.77. The van der Waals surface area contributed by atoms with Gasteiger partial charge in [0.15, 0.2) is 0 Å². The number of pyridine rings is 1. The molecule has 146 valence electrons. The largest absolute Gasteiger partial charge is 0.378 e. The van der Waals surface area contributed by atoms with Crippen molar-refractivity contribution in [3.8, 4) is 0 Å². The van der Waals surface area contributed by atoms with E-state index >= 15 is 0 Å². The summed E-state index contributed by atoms with van der Waals surface area (Å²) >= 11 is 0. The molecule has 2 aromatic rings. The summed E-state index contributed by atoms with van der Waals surface area (Å²) in [5.41, 5.74) is 3.33. The van der Waals surface area contributed by atoms with Crippen LogP contribution in [0.1, 0.15) is 28.0 Å². The molecule has 0 saturated carbocycles. The standard InChI is InChI=1S/C21H24N4O3/c1-24-18-7-5-16(13-15(18)6-8-20(24)26)21(27)22-14-17-3-2-4-19(23-17)25-9-11-28-12-10-25/h2-5,7,13H,6,8-12,14H2,1H3,(H,22,27). The maximum absolute atomic E-state index is 12.6. The zero-order valence-corrected chi connectivity index (χ0v) is 16.0. The van der Waals surface area contributed by atoms with Crippen molar-refractivity contribution in [2.45, 2.75) is 19.4 Å². The lowest BCUT2D eigenvalue weighted by Gasteiger charge is -2.28. The third kappa shape index (κ3) is 3.84. The van der Waals surface area contributed by atoms with Crippen molar-refractivity contribution in [2.75, 3.05) is 43.2 Å². The second-order valence-electron chi connectivity index (χ2n) is 7.07. The SMILES string of the molecule is CN1C(=O)CCc2cc(C(=O)NCc3cccc(N4CCOCC4)n3)ccc21. The molecule has 7 nitrogen and oxygen atoms in total. The molecule has 3 heterocycles. The number of nitrogens with one attached hydrogen (secondary N) is 1. The quantitative estimate of drug-likeness (QED) is 0.875. The van der Waals surface area contributed by atoms with Crippen molar-refractivity contribution in [1.82, 2.24) is 10.3 Å². The molecule has 28 heavy (non-hydrogen) atoms. The van der Waals surface area contributed by atoms with Crippen LogP contribution in [0.25, 0.3) is 0 Å². The average molecular weight is 380 g/mol. The maximum atomic E-state index is 12.6. The Hall–Kier alpha value is -2.93. The van der Waals surface area contributed by atoms with Crippen LogP contribution >= 0.6 is 0 Å². The zero-order valence-electron chi connectivity index (χ0n) is 16.0. The lowest BCUT2D eigenvalue weighted by Crippen LogP contribution is -2.37. The number of morpholine rings is 1. The fourth-order valence-corrected chi connectivity index (χ4v) is 3.60. The Labute approximate surface area is 164 Å². The number of nitrogens with zero attached hydrogens (tertiary/aromatic N) is 3. The second-order valence-corrected chi connectivity index (χ2v) is 7.07. The van der Waals surface area contributed by atoms with Gasteiger partial charge >= 0.3 is 0 Å². The van der Waals surface area contributed by atoms with Gasteiger partial charge in [-0.15, -0.1) is 0 Å². The smallest absolute Gasteiger partial charge is 0.251 e. The maximum Gasteiger partial charge on any atom is 0.251 e. The number of fused-ring (bicyclic) bond motifs is 1. The van der Waals surface area contributed by atoms with Crippen molar-refractivity contribution in [3.63, 3.8) is 0 Å². The molecule has 1 aromatic carbocycles. The lowest BCUT2D eigenvalue weighted by molar-refractivity contribution is -0.118. The van der Waals surface area contributed by atoms with Gasteiger partial charge in [0.05, 0.1) is 25.5 Å². The Morgan fingerprint density at radius 3 is 2.82 bits per heavy atom. The normalized spacial score (nSPS) is 16.7. The molecule has 0 aliphatic carbocycles. The Morgan fingerprint density at radius 2 is 2.00 bits per heavy atom. The predicted octanol–water partition coefficient (Wildman–Crippen LogP) is 1.76. The van der Waals surface area contributed by atoms with Crippen LogP contribution < -0.4 is 15.1 Å². The number of hydrogen-bond donors (Lipinski definition) is 1. The fourth-order valence-electron chi connectivity index (χ4n) is 3.60. The minimum absolute atomic E-state index is 0.107. The van der Waals surface area contributed by atoms with Gasteiger partial charge in [-0.25, -0.2) is 4.98 Å². The third-order valence-electron chi connectivity index (χ3n) is 5.24. The summed E-state index contributed by atoms with van der Waals surface area (Å²) in [6, 6.07) is 11.4. The summed E-state index contributed by atoms with van der Waals surface area (Å²) in [6.07, 6.45) is 1.15. The first-order valence-corrected chi connectivity index (χ1v) is 9.58. The van der Waals surface area contributed by atoms with Crippen molar-refractivity contribution >= 4 is 23.3 Å². The van der Waals surface area contributed by atoms with Crippen molar-refractivity contribution in [3.05, 3.63) is 53.2 Å². The van der Waals surface area contributed by atoms with Crippen LogP contribution in [0.5, 0.6) is 0 Å². The van der Waals surface area contributed by atoms with Crippen LogP contribution in [0.2, 0.25) is 0 Å². The highest BCUT2D eigenvalue weighted by Gasteiger charge is 2.21. The highest BCUT2D eigenvalue weighted by Crippen LogP contribution is 2.27. The van der Waals surface area contributed by atoms with Crippen molar-refractivity contribution in [2.24, 2.45) is 0 Å². The number of amides is 2.